The van der Waals surface area contributed by atoms with Gasteiger partial charge in [-0.1, -0.05) is 18.2 Å². The van der Waals surface area contributed by atoms with Crippen molar-refractivity contribution < 1.29 is 0 Å². The Hall–Kier alpha value is -2.34. The van der Waals surface area contributed by atoms with Crippen molar-refractivity contribution in [2.24, 2.45) is 0 Å². The summed E-state index contributed by atoms with van der Waals surface area (Å²) < 4.78 is 0. The third kappa shape index (κ3) is 1.77. The number of benzene rings is 1. The van der Waals surface area contributed by atoms with E-state index in [1.807, 2.05) is 19.1 Å². The van der Waals surface area contributed by atoms with Crippen LogP contribution in [-0.2, 0) is 6.42 Å². The summed E-state index contributed by atoms with van der Waals surface area (Å²) in [6.45, 7) is 4.13. The van der Waals surface area contributed by atoms with Gasteiger partial charge in [-0.25, -0.2) is 4.98 Å². The molecule has 1 atom stereocenters. The maximum Gasteiger partial charge on any atom is 0.151 e. The predicted octanol–water partition coefficient (Wildman–Crippen LogP) is 3.34. The van der Waals surface area contributed by atoms with Crippen LogP contribution in [0.3, 0.4) is 0 Å². The molecule has 1 aliphatic rings. The minimum absolute atomic E-state index is 0.332. The summed E-state index contributed by atoms with van der Waals surface area (Å²) in [5.41, 5.74) is 4.14. The van der Waals surface area contributed by atoms with Crippen LogP contribution in [0.25, 0.3) is 0 Å². The lowest BCUT2D eigenvalue weighted by Crippen LogP contribution is -2.25. The van der Waals surface area contributed by atoms with E-state index in [0.717, 1.165) is 17.8 Å². The van der Waals surface area contributed by atoms with Crippen molar-refractivity contribution in [1.29, 1.82) is 5.26 Å². The lowest BCUT2D eigenvalue weighted by Gasteiger charge is -2.25. The molecule has 0 saturated carbocycles. The van der Waals surface area contributed by atoms with Crippen LogP contribution in [0.15, 0.2) is 36.5 Å². The normalized spacial score (nSPS) is 17.1. The number of nitriles is 1. The fourth-order valence-electron chi connectivity index (χ4n) is 2.75. The maximum absolute atomic E-state index is 9.38. The van der Waals surface area contributed by atoms with Crippen molar-refractivity contribution >= 4 is 11.5 Å². The Kier molecular flexibility index (Phi) is 2.72. The van der Waals surface area contributed by atoms with Gasteiger partial charge in [-0.15, -0.1) is 0 Å². The Labute approximate surface area is 113 Å². The van der Waals surface area contributed by atoms with Gasteiger partial charge in [0.2, 0.25) is 0 Å². The highest BCUT2D eigenvalue weighted by Crippen LogP contribution is 2.38. The largest absolute Gasteiger partial charge is 0.322 e. The smallest absolute Gasteiger partial charge is 0.151 e. The second-order valence-corrected chi connectivity index (χ2v) is 4.99. The number of aryl methyl sites for hydroxylation is 1. The van der Waals surface area contributed by atoms with Gasteiger partial charge in [0.05, 0.1) is 5.56 Å². The van der Waals surface area contributed by atoms with E-state index in [1.165, 1.54) is 11.3 Å². The second-order valence-electron chi connectivity index (χ2n) is 4.99. The first-order valence-corrected chi connectivity index (χ1v) is 6.45. The van der Waals surface area contributed by atoms with Gasteiger partial charge < -0.3 is 4.90 Å². The summed E-state index contributed by atoms with van der Waals surface area (Å²) in [6.07, 6.45) is 2.77. The highest BCUT2D eigenvalue weighted by Gasteiger charge is 2.29. The topological polar surface area (TPSA) is 39.9 Å². The molecule has 0 amide bonds. The van der Waals surface area contributed by atoms with Gasteiger partial charge in [0.1, 0.15) is 6.07 Å². The van der Waals surface area contributed by atoms with Crippen LogP contribution in [0.5, 0.6) is 0 Å². The minimum Gasteiger partial charge on any atom is -0.322 e. The number of aromatic nitrogens is 1. The molecule has 1 aliphatic heterocycles. The standard InChI is InChI=1S/C16H15N3/c1-11-7-8-18-16(14(11)10-17)19-12(2)9-13-5-3-4-6-15(13)19/h3-8,12H,9H2,1-2H3. The van der Waals surface area contributed by atoms with E-state index in [0.29, 0.717) is 11.6 Å². The average Bonchev–Trinajstić information content (AvgIpc) is 2.74. The van der Waals surface area contributed by atoms with Crippen LogP contribution in [-0.4, -0.2) is 11.0 Å². The molecule has 3 rings (SSSR count). The Morgan fingerprint density at radius 2 is 2.11 bits per heavy atom. The van der Waals surface area contributed by atoms with Gasteiger partial charge in [-0.05, 0) is 43.5 Å². The van der Waals surface area contributed by atoms with Gasteiger partial charge >= 0.3 is 0 Å². The number of nitrogens with zero attached hydrogens (tertiary/aromatic N) is 3. The zero-order valence-electron chi connectivity index (χ0n) is 11.1. The van der Waals surface area contributed by atoms with Crippen LogP contribution in [0, 0.1) is 18.3 Å². The number of para-hydroxylation sites is 1. The number of rotatable bonds is 1. The van der Waals surface area contributed by atoms with Crippen molar-refractivity contribution in [2.75, 3.05) is 4.90 Å². The summed E-state index contributed by atoms with van der Waals surface area (Å²) in [4.78, 5) is 6.63. The molecule has 0 N–H and O–H groups in total. The number of pyridine rings is 1. The van der Waals surface area contributed by atoms with Gasteiger partial charge in [0.25, 0.3) is 0 Å². The van der Waals surface area contributed by atoms with Gasteiger partial charge in [-0.3, -0.25) is 0 Å². The van der Waals surface area contributed by atoms with E-state index in [9.17, 15) is 5.26 Å². The minimum atomic E-state index is 0.332. The van der Waals surface area contributed by atoms with E-state index in [1.54, 1.807) is 6.20 Å². The van der Waals surface area contributed by atoms with Crippen LogP contribution >= 0.6 is 0 Å². The first-order valence-electron chi connectivity index (χ1n) is 6.45. The second kappa shape index (κ2) is 4.40. The van der Waals surface area contributed by atoms with Crippen molar-refractivity contribution in [3.8, 4) is 6.07 Å². The number of hydrogen-bond acceptors (Lipinski definition) is 3. The summed E-state index contributed by atoms with van der Waals surface area (Å²) in [7, 11) is 0. The zero-order chi connectivity index (χ0) is 13.4. The number of anilines is 2. The van der Waals surface area contributed by atoms with E-state index in [4.69, 9.17) is 0 Å². The molecule has 2 aromatic rings. The quantitative estimate of drug-likeness (QED) is 0.778. The zero-order valence-corrected chi connectivity index (χ0v) is 11.1. The molecule has 0 saturated heterocycles. The van der Waals surface area contributed by atoms with Gasteiger partial charge in [0.15, 0.2) is 5.82 Å². The van der Waals surface area contributed by atoms with Crippen LogP contribution in [0.1, 0.15) is 23.6 Å². The number of fused-ring (bicyclic) bond motifs is 1. The molecule has 1 aromatic carbocycles. The summed E-state index contributed by atoms with van der Waals surface area (Å²) in [5, 5.41) is 9.38. The molecule has 0 bridgehead atoms. The molecule has 2 heterocycles. The molecule has 0 radical (unpaired) electrons. The SMILES string of the molecule is Cc1ccnc(N2c3ccccc3CC2C)c1C#N. The molecule has 0 aliphatic carbocycles. The van der Waals surface area contributed by atoms with E-state index in [-0.39, 0.29) is 0 Å². The van der Waals surface area contributed by atoms with Crippen molar-refractivity contribution in [1.82, 2.24) is 4.98 Å². The first-order chi connectivity index (χ1) is 9.22. The highest BCUT2D eigenvalue weighted by molar-refractivity contribution is 5.73. The molecule has 3 nitrogen and oxygen atoms in total. The molecule has 1 unspecified atom stereocenters. The van der Waals surface area contributed by atoms with Gasteiger partial charge in [-0.2, -0.15) is 5.26 Å². The fraction of sp³-hybridized carbons (Fsp3) is 0.250. The van der Waals surface area contributed by atoms with Crippen molar-refractivity contribution in [2.45, 2.75) is 26.3 Å². The lowest BCUT2D eigenvalue weighted by molar-refractivity contribution is 0.749. The Morgan fingerprint density at radius 3 is 2.89 bits per heavy atom. The Morgan fingerprint density at radius 1 is 1.32 bits per heavy atom. The first kappa shape index (κ1) is 11.7. The van der Waals surface area contributed by atoms with Crippen LogP contribution in [0.2, 0.25) is 0 Å². The molecule has 94 valence electrons. The Balaban J connectivity index is 2.19. The van der Waals surface area contributed by atoms with E-state index >= 15 is 0 Å². The lowest BCUT2D eigenvalue weighted by atomic mass is 10.1. The monoisotopic (exact) mass is 249 g/mol. The molecule has 0 spiro atoms. The predicted molar refractivity (Wildman–Crippen MR) is 75.4 cm³/mol. The van der Waals surface area contributed by atoms with Gasteiger partial charge in [0, 0.05) is 17.9 Å². The van der Waals surface area contributed by atoms with Crippen molar-refractivity contribution in [3.63, 3.8) is 0 Å². The van der Waals surface area contributed by atoms with E-state index < -0.39 is 0 Å². The highest BCUT2D eigenvalue weighted by atomic mass is 15.2. The Bertz CT molecular complexity index is 670. The van der Waals surface area contributed by atoms with Crippen LogP contribution < -0.4 is 4.90 Å². The molecular formula is C16H15N3. The summed E-state index contributed by atoms with van der Waals surface area (Å²) >= 11 is 0. The maximum atomic E-state index is 9.38. The molecule has 3 heteroatoms. The third-order valence-corrected chi connectivity index (χ3v) is 3.69. The molecule has 0 fully saturated rings. The molecule has 19 heavy (non-hydrogen) atoms. The summed E-state index contributed by atoms with van der Waals surface area (Å²) in [5.74, 6) is 0.778. The third-order valence-electron chi connectivity index (χ3n) is 3.69. The average molecular weight is 249 g/mol. The fourth-order valence-corrected chi connectivity index (χ4v) is 2.75. The summed E-state index contributed by atoms with van der Waals surface area (Å²) in [6, 6.07) is 12.8. The molecular weight excluding hydrogens is 234 g/mol. The number of hydrogen-bond donors (Lipinski definition) is 0. The van der Waals surface area contributed by atoms with Crippen LogP contribution in [0.4, 0.5) is 11.5 Å². The van der Waals surface area contributed by atoms with E-state index in [2.05, 4.69) is 41.1 Å². The van der Waals surface area contributed by atoms with Crippen molar-refractivity contribution in [3.05, 3.63) is 53.2 Å². The molecule has 1 aromatic heterocycles.